The Labute approximate surface area is 255 Å². The lowest BCUT2D eigenvalue weighted by Crippen LogP contribution is -2.33. The Kier molecular flexibility index (Phi) is 9.08. The second-order valence-corrected chi connectivity index (χ2v) is 11.5. The Hall–Kier alpha value is -4.10. The van der Waals surface area contributed by atoms with Crippen LogP contribution in [-0.2, 0) is 19.6 Å². The van der Waals surface area contributed by atoms with E-state index in [1.165, 1.54) is 47.1 Å². The van der Waals surface area contributed by atoms with Crippen LogP contribution in [0.3, 0.4) is 0 Å². The number of anilines is 1. The Balaban J connectivity index is 1.39. The number of piperidine rings is 1. The average Bonchev–Trinajstić information content (AvgIpc) is 3.03. The standard InChI is InChI=1S/C36H42N4O3/c1-4-41-30-13-10-12-28(21-30)23-39(24-29-15-16-33-34(22-29)43-20-19-42-33)25-32-27(3)35(31-14-7-6-11-26(31)2)37-38-36(32)40-17-8-5-9-18-40/h6-7,10-16,21-22H,4-5,8-9,17-20,23-25H2,1-3H3. The number of benzene rings is 3. The van der Waals surface area contributed by atoms with E-state index in [-0.39, 0.29) is 0 Å². The van der Waals surface area contributed by atoms with Crippen LogP contribution in [0.4, 0.5) is 5.82 Å². The van der Waals surface area contributed by atoms with Gasteiger partial charge in [-0.05, 0) is 86.6 Å². The highest BCUT2D eigenvalue weighted by molar-refractivity contribution is 5.69. The number of rotatable bonds is 10. The van der Waals surface area contributed by atoms with Gasteiger partial charge in [0.05, 0.1) is 12.3 Å². The molecule has 0 saturated carbocycles. The molecule has 0 N–H and O–H groups in total. The monoisotopic (exact) mass is 578 g/mol. The first-order valence-corrected chi connectivity index (χ1v) is 15.6. The number of ether oxygens (including phenoxy) is 3. The molecular weight excluding hydrogens is 536 g/mol. The number of hydrogen-bond donors (Lipinski definition) is 0. The zero-order valence-electron chi connectivity index (χ0n) is 25.6. The van der Waals surface area contributed by atoms with Crippen LogP contribution in [-0.4, -0.2) is 48.0 Å². The lowest BCUT2D eigenvalue weighted by atomic mass is 9.98. The molecule has 0 bridgehead atoms. The second kappa shape index (κ2) is 13.5. The van der Waals surface area contributed by atoms with Crippen molar-refractivity contribution in [3.63, 3.8) is 0 Å². The van der Waals surface area contributed by atoms with Crippen LogP contribution >= 0.6 is 0 Å². The fraction of sp³-hybridized carbons (Fsp3) is 0.389. The Morgan fingerprint density at radius 3 is 2.35 bits per heavy atom. The van der Waals surface area contributed by atoms with Crippen molar-refractivity contribution in [3.8, 4) is 28.5 Å². The molecule has 0 unspecified atom stereocenters. The lowest BCUT2D eigenvalue weighted by molar-refractivity contribution is 0.171. The van der Waals surface area contributed by atoms with Crippen LogP contribution in [0.1, 0.15) is 54.0 Å². The first kappa shape index (κ1) is 29.0. The molecule has 2 aliphatic rings. The van der Waals surface area contributed by atoms with E-state index in [0.29, 0.717) is 19.8 Å². The fourth-order valence-electron chi connectivity index (χ4n) is 6.18. The molecule has 7 nitrogen and oxygen atoms in total. The van der Waals surface area contributed by atoms with Gasteiger partial charge < -0.3 is 19.1 Å². The zero-order chi connectivity index (χ0) is 29.6. The van der Waals surface area contributed by atoms with E-state index in [1.807, 2.05) is 19.1 Å². The summed E-state index contributed by atoms with van der Waals surface area (Å²) in [5.41, 5.74) is 8.14. The molecule has 2 aliphatic heterocycles. The van der Waals surface area contributed by atoms with E-state index in [4.69, 9.17) is 24.4 Å². The predicted octanol–water partition coefficient (Wildman–Crippen LogP) is 7.12. The van der Waals surface area contributed by atoms with Gasteiger partial charge in [-0.25, -0.2) is 0 Å². The van der Waals surface area contributed by atoms with E-state index in [0.717, 1.165) is 67.0 Å². The summed E-state index contributed by atoms with van der Waals surface area (Å²) in [6.07, 6.45) is 3.64. The summed E-state index contributed by atoms with van der Waals surface area (Å²) < 4.78 is 17.6. The molecule has 0 aliphatic carbocycles. The summed E-state index contributed by atoms with van der Waals surface area (Å²) in [6.45, 7) is 12.5. The molecule has 224 valence electrons. The number of hydrogen-bond acceptors (Lipinski definition) is 7. The summed E-state index contributed by atoms with van der Waals surface area (Å²) in [4.78, 5) is 4.94. The van der Waals surface area contributed by atoms with E-state index in [1.54, 1.807) is 0 Å². The van der Waals surface area contributed by atoms with Gasteiger partial charge >= 0.3 is 0 Å². The maximum atomic E-state index is 5.93. The van der Waals surface area contributed by atoms with Gasteiger partial charge in [-0.2, -0.15) is 0 Å². The van der Waals surface area contributed by atoms with Crippen molar-refractivity contribution in [2.45, 2.75) is 59.7 Å². The number of aromatic nitrogens is 2. The Morgan fingerprint density at radius 2 is 1.56 bits per heavy atom. The predicted molar refractivity (Wildman–Crippen MR) is 171 cm³/mol. The highest BCUT2D eigenvalue weighted by atomic mass is 16.6. The van der Waals surface area contributed by atoms with Gasteiger partial charge in [-0.1, -0.05) is 42.5 Å². The van der Waals surface area contributed by atoms with E-state index in [9.17, 15) is 0 Å². The van der Waals surface area contributed by atoms with Gasteiger partial charge in [0.25, 0.3) is 0 Å². The molecule has 0 radical (unpaired) electrons. The van der Waals surface area contributed by atoms with Crippen LogP contribution in [0.5, 0.6) is 17.2 Å². The van der Waals surface area contributed by atoms with Crippen molar-refractivity contribution in [3.05, 3.63) is 94.5 Å². The molecule has 1 saturated heterocycles. The Bertz CT molecular complexity index is 1550. The third kappa shape index (κ3) is 6.78. The normalized spacial score (nSPS) is 14.7. The van der Waals surface area contributed by atoms with Crippen LogP contribution in [0, 0.1) is 13.8 Å². The molecule has 6 rings (SSSR count). The molecule has 1 fully saturated rings. The molecule has 7 heteroatoms. The number of nitrogens with zero attached hydrogens (tertiary/aromatic N) is 4. The minimum atomic E-state index is 0.577. The number of aryl methyl sites for hydroxylation is 1. The summed E-state index contributed by atoms with van der Waals surface area (Å²) in [5, 5.41) is 9.78. The summed E-state index contributed by atoms with van der Waals surface area (Å²) in [6, 6.07) is 23.2. The van der Waals surface area contributed by atoms with Crippen LogP contribution in [0.15, 0.2) is 66.7 Å². The zero-order valence-corrected chi connectivity index (χ0v) is 25.6. The maximum Gasteiger partial charge on any atom is 0.161 e. The molecular formula is C36H42N4O3. The van der Waals surface area contributed by atoms with Crippen molar-refractivity contribution in [2.75, 3.05) is 37.8 Å². The van der Waals surface area contributed by atoms with Gasteiger partial charge in [-0.3, -0.25) is 4.90 Å². The summed E-state index contributed by atoms with van der Waals surface area (Å²) in [7, 11) is 0. The van der Waals surface area contributed by atoms with E-state index < -0.39 is 0 Å². The molecule has 3 aromatic carbocycles. The third-order valence-corrected chi connectivity index (χ3v) is 8.39. The number of fused-ring (bicyclic) bond motifs is 1. The molecule has 0 spiro atoms. The van der Waals surface area contributed by atoms with E-state index >= 15 is 0 Å². The van der Waals surface area contributed by atoms with Crippen LogP contribution in [0.25, 0.3) is 11.3 Å². The lowest BCUT2D eigenvalue weighted by Gasteiger charge is -2.32. The van der Waals surface area contributed by atoms with Gasteiger partial charge in [0, 0.05) is 43.9 Å². The second-order valence-electron chi connectivity index (χ2n) is 11.5. The van der Waals surface area contributed by atoms with Crippen LogP contribution < -0.4 is 19.1 Å². The van der Waals surface area contributed by atoms with Crippen molar-refractivity contribution >= 4 is 5.82 Å². The van der Waals surface area contributed by atoms with Crippen molar-refractivity contribution < 1.29 is 14.2 Å². The summed E-state index contributed by atoms with van der Waals surface area (Å²) in [5.74, 6) is 3.55. The quantitative estimate of drug-likeness (QED) is 0.199. The van der Waals surface area contributed by atoms with Crippen molar-refractivity contribution in [2.24, 2.45) is 0 Å². The average molecular weight is 579 g/mol. The highest BCUT2D eigenvalue weighted by Gasteiger charge is 2.24. The molecule has 4 aromatic rings. The molecule has 1 aromatic heterocycles. The molecule has 0 amide bonds. The van der Waals surface area contributed by atoms with Crippen molar-refractivity contribution in [1.29, 1.82) is 0 Å². The highest BCUT2D eigenvalue weighted by Crippen LogP contribution is 2.34. The van der Waals surface area contributed by atoms with Gasteiger partial charge in [0.15, 0.2) is 17.3 Å². The van der Waals surface area contributed by atoms with Crippen molar-refractivity contribution in [1.82, 2.24) is 15.1 Å². The SMILES string of the molecule is CCOc1cccc(CN(Cc2ccc3c(c2)OCCO3)Cc2c(N3CCCCC3)nnc(-c3ccccc3C)c2C)c1. The van der Waals surface area contributed by atoms with Gasteiger partial charge in [-0.15, -0.1) is 10.2 Å². The van der Waals surface area contributed by atoms with Gasteiger partial charge in [0.1, 0.15) is 19.0 Å². The topological polar surface area (TPSA) is 60.0 Å². The first-order chi connectivity index (χ1) is 21.1. The fourth-order valence-corrected chi connectivity index (χ4v) is 6.18. The summed E-state index contributed by atoms with van der Waals surface area (Å²) >= 11 is 0. The first-order valence-electron chi connectivity index (χ1n) is 15.6. The smallest absolute Gasteiger partial charge is 0.161 e. The minimum Gasteiger partial charge on any atom is -0.494 e. The largest absolute Gasteiger partial charge is 0.494 e. The van der Waals surface area contributed by atoms with E-state index in [2.05, 4.69) is 78.2 Å². The van der Waals surface area contributed by atoms with Gasteiger partial charge in [0.2, 0.25) is 0 Å². The Morgan fingerprint density at radius 1 is 0.791 bits per heavy atom. The molecule has 0 atom stereocenters. The molecule has 43 heavy (non-hydrogen) atoms. The third-order valence-electron chi connectivity index (χ3n) is 8.39. The molecule has 3 heterocycles. The maximum absolute atomic E-state index is 5.93. The minimum absolute atomic E-state index is 0.577. The van der Waals surface area contributed by atoms with Crippen LogP contribution in [0.2, 0.25) is 0 Å².